The predicted molar refractivity (Wildman–Crippen MR) is 74.2 cm³/mol. The molecule has 20 heavy (non-hydrogen) atoms. The Hall–Kier alpha value is -2.22. The maximum atomic E-state index is 10.8. The average Bonchev–Trinajstić information content (AvgIpc) is 2.36. The van der Waals surface area contributed by atoms with Gasteiger partial charge >= 0.3 is 6.09 Å². The van der Waals surface area contributed by atoms with E-state index in [1.807, 2.05) is 20.8 Å². The Morgan fingerprint density at radius 1 is 1.55 bits per heavy atom. The number of hydrogen-bond acceptors (Lipinski definition) is 6. The molecule has 0 saturated heterocycles. The van der Waals surface area contributed by atoms with Gasteiger partial charge in [-0.1, -0.05) is 0 Å². The van der Waals surface area contributed by atoms with Crippen LogP contribution in [0.5, 0.6) is 0 Å². The Kier molecular flexibility index (Phi) is 7.83. The summed E-state index contributed by atoms with van der Waals surface area (Å²) in [6.45, 7) is 6.33. The lowest BCUT2D eigenvalue weighted by Crippen LogP contribution is -2.35. The number of nitro groups is 1. The largest absolute Gasteiger partial charge is 0.444 e. The van der Waals surface area contributed by atoms with E-state index in [-0.39, 0.29) is 5.69 Å². The fraction of sp³-hybridized carbons (Fsp3) is 0.500. The summed E-state index contributed by atoms with van der Waals surface area (Å²) in [4.78, 5) is 23.9. The van der Waals surface area contributed by atoms with E-state index in [0.717, 1.165) is 0 Å². The fourth-order valence-corrected chi connectivity index (χ4v) is 0.950. The maximum absolute atomic E-state index is 10.8. The highest BCUT2D eigenvalue weighted by Crippen LogP contribution is 2.06. The molecule has 0 radical (unpaired) electrons. The second kappa shape index (κ2) is 8.81. The summed E-state index contributed by atoms with van der Waals surface area (Å²) in [6.07, 6.45) is 2.29. The lowest BCUT2D eigenvalue weighted by molar-refractivity contribution is -0.385. The summed E-state index contributed by atoms with van der Waals surface area (Å²) in [5.74, 6) is 0. The summed E-state index contributed by atoms with van der Waals surface area (Å²) in [5.41, 5.74) is 4.76. The zero-order chi connectivity index (χ0) is 15.6. The smallest absolute Gasteiger partial charge is 0.407 e. The van der Waals surface area contributed by atoms with Crippen LogP contribution in [0.1, 0.15) is 20.8 Å². The van der Waals surface area contributed by atoms with Gasteiger partial charge in [0.1, 0.15) is 11.8 Å². The molecule has 0 aromatic carbocycles. The fourth-order valence-electron chi connectivity index (χ4n) is 0.950. The summed E-state index contributed by atoms with van der Waals surface area (Å²) in [6, 6.07) is 2.92. The maximum Gasteiger partial charge on any atom is 0.407 e. The van der Waals surface area contributed by atoms with Crippen LogP contribution in [0.2, 0.25) is 0 Å². The molecule has 0 unspecified atom stereocenters. The zero-order valence-electron chi connectivity index (χ0n) is 11.8. The highest BCUT2D eigenvalue weighted by molar-refractivity contribution is 5.67. The summed E-state index contributed by atoms with van der Waals surface area (Å²) in [7, 11) is 0. The van der Waals surface area contributed by atoms with Crippen molar-refractivity contribution in [2.75, 3.05) is 13.1 Å². The van der Waals surface area contributed by atoms with E-state index in [0.29, 0.717) is 13.1 Å². The van der Waals surface area contributed by atoms with Gasteiger partial charge in [-0.15, -0.1) is 0 Å². The minimum absolute atomic E-state index is 0.0255. The molecule has 1 rings (SSSR count). The first kappa shape index (κ1) is 17.8. The van der Waals surface area contributed by atoms with Crippen LogP contribution in [0.4, 0.5) is 10.5 Å². The molecule has 1 aromatic heterocycles. The molecule has 1 heterocycles. The Morgan fingerprint density at radius 2 is 2.20 bits per heavy atom. The predicted octanol–water partition coefficient (Wildman–Crippen LogP) is 1.46. The van der Waals surface area contributed by atoms with Gasteiger partial charge in [0, 0.05) is 25.4 Å². The quantitative estimate of drug-likeness (QED) is 0.640. The molecule has 1 amide bonds. The average molecular weight is 284 g/mol. The molecular weight excluding hydrogens is 264 g/mol. The Bertz CT molecular complexity index is 417. The van der Waals surface area contributed by atoms with Crippen molar-refractivity contribution < 1.29 is 14.5 Å². The van der Waals surface area contributed by atoms with Crippen LogP contribution in [-0.2, 0) is 4.74 Å². The topological polar surface area (TPSA) is 120 Å². The number of amides is 1. The van der Waals surface area contributed by atoms with Gasteiger partial charge in [0.15, 0.2) is 0 Å². The molecule has 1 aromatic rings. The van der Waals surface area contributed by atoms with Crippen molar-refractivity contribution in [1.29, 1.82) is 0 Å². The van der Waals surface area contributed by atoms with Gasteiger partial charge in [-0.2, -0.15) is 0 Å². The number of nitrogens with two attached hydrogens (primary N) is 1. The minimum atomic E-state index is -0.479. The van der Waals surface area contributed by atoms with Crippen LogP contribution in [0.15, 0.2) is 24.5 Å². The first-order valence-electron chi connectivity index (χ1n) is 5.97. The number of alkyl carbamates (subject to hydrolysis) is 1. The molecule has 0 aliphatic carbocycles. The van der Waals surface area contributed by atoms with Gasteiger partial charge in [-0.3, -0.25) is 15.1 Å². The summed E-state index contributed by atoms with van der Waals surface area (Å²) >= 11 is 0. The molecule has 0 aliphatic heterocycles. The zero-order valence-corrected chi connectivity index (χ0v) is 11.8. The molecule has 8 nitrogen and oxygen atoms in total. The van der Waals surface area contributed by atoms with Crippen molar-refractivity contribution in [3.63, 3.8) is 0 Å². The first-order chi connectivity index (χ1) is 9.26. The molecule has 112 valence electrons. The van der Waals surface area contributed by atoms with Gasteiger partial charge in [0.05, 0.1) is 4.92 Å². The van der Waals surface area contributed by atoms with Crippen molar-refractivity contribution in [1.82, 2.24) is 10.3 Å². The standard InChI is InChI=1S/C7H16N2O2.C5H4N2O2/c1-7(2,3)11-6(10)9-5-4-8;8-7(9)5-2-1-3-6-4-5/h4-5,8H2,1-3H3,(H,9,10);1-4H. The van der Waals surface area contributed by atoms with E-state index >= 15 is 0 Å². The van der Waals surface area contributed by atoms with E-state index in [9.17, 15) is 14.9 Å². The SMILES string of the molecule is CC(C)(C)OC(=O)NCCN.O=[N+]([O-])c1cccnc1. The van der Waals surface area contributed by atoms with Crippen LogP contribution in [-0.4, -0.2) is 34.7 Å². The third kappa shape index (κ3) is 9.77. The monoisotopic (exact) mass is 284 g/mol. The van der Waals surface area contributed by atoms with Crippen molar-refractivity contribution in [2.24, 2.45) is 5.73 Å². The van der Waals surface area contributed by atoms with Gasteiger partial charge in [0.2, 0.25) is 0 Å². The lowest BCUT2D eigenvalue weighted by Gasteiger charge is -2.19. The number of carbonyl (C=O) groups excluding carboxylic acids is 1. The molecule has 3 N–H and O–H groups in total. The normalized spacial score (nSPS) is 10.0. The number of aromatic nitrogens is 1. The van der Waals surface area contributed by atoms with Gasteiger partial charge in [0.25, 0.3) is 5.69 Å². The summed E-state index contributed by atoms with van der Waals surface area (Å²) < 4.78 is 4.93. The number of pyridine rings is 1. The van der Waals surface area contributed by atoms with Gasteiger partial charge in [-0.25, -0.2) is 4.79 Å². The van der Waals surface area contributed by atoms with Crippen molar-refractivity contribution >= 4 is 11.8 Å². The van der Waals surface area contributed by atoms with E-state index < -0.39 is 16.6 Å². The molecular formula is C12H20N4O4. The van der Waals surface area contributed by atoms with Crippen LogP contribution < -0.4 is 11.1 Å². The van der Waals surface area contributed by atoms with Crippen LogP contribution in [0.25, 0.3) is 0 Å². The summed E-state index contributed by atoms with van der Waals surface area (Å²) in [5, 5.41) is 12.5. The van der Waals surface area contributed by atoms with E-state index in [2.05, 4.69) is 10.3 Å². The van der Waals surface area contributed by atoms with Crippen LogP contribution >= 0.6 is 0 Å². The molecule has 0 aliphatic rings. The van der Waals surface area contributed by atoms with E-state index in [1.165, 1.54) is 24.5 Å². The number of nitrogens with one attached hydrogen (secondary N) is 1. The lowest BCUT2D eigenvalue weighted by atomic mass is 10.2. The van der Waals surface area contributed by atoms with Gasteiger partial charge in [-0.05, 0) is 26.8 Å². The molecule has 0 spiro atoms. The van der Waals surface area contributed by atoms with E-state index in [4.69, 9.17) is 10.5 Å². The number of nitrogens with zero attached hydrogens (tertiary/aromatic N) is 2. The molecule has 0 saturated carbocycles. The minimum Gasteiger partial charge on any atom is -0.444 e. The first-order valence-corrected chi connectivity index (χ1v) is 5.97. The third-order valence-corrected chi connectivity index (χ3v) is 1.67. The molecule has 0 fully saturated rings. The Labute approximate surface area is 117 Å². The van der Waals surface area contributed by atoms with Crippen molar-refractivity contribution in [3.8, 4) is 0 Å². The molecule has 0 atom stereocenters. The highest BCUT2D eigenvalue weighted by Gasteiger charge is 2.14. The highest BCUT2D eigenvalue weighted by atomic mass is 16.6. The third-order valence-electron chi connectivity index (χ3n) is 1.67. The van der Waals surface area contributed by atoms with Crippen LogP contribution in [0, 0.1) is 10.1 Å². The number of ether oxygens (including phenoxy) is 1. The Balaban J connectivity index is 0.000000367. The second-order valence-corrected chi connectivity index (χ2v) is 4.69. The van der Waals surface area contributed by atoms with Crippen molar-refractivity contribution in [2.45, 2.75) is 26.4 Å². The molecule has 8 heteroatoms. The number of hydrogen-bond donors (Lipinski definition) is 2. The number of rotatable bonds is 3. The second-order valence-electron chi connectivity index (χ2n) is 4.69. The van der Waals surface area contributed by atoms with E-state index in [1.54, 1.807) is 0 Å². The van der Waals surface area contributed by atoms with Crippen LogP contribution in [0.3, 0.4) is 0 Å². The van der Waals surface area contributed by atoms with Gasteiger partial charge < -0.3 is 15.8 Å². The number of carbonyl (C=O) groups is 1. The van der Waals surface area contributed by atoms with Crippen molar-refractivity contribution in [3.05, 3.63) is 34.6 Å². The Morgan fingerprint density at radius 3 is 2.55 bits per heavy atom. The molecule has 0 bridgehead atoms.